The molecule has 1 aliphatic carbocycles. The minimum atomic E-state index is -0.549. The summed E-state index contributed by atoms with van der Waals surface area (Å²) in [4.78, 5) is 31.4. The Bertz CT molecular complexity index is 929. The number of anilines is 1. The number of carbonyl (C=O) groups excluding carboxylic acids is 2. The molecule has 30 heavy (non-hydrogen) atoms. The zero-order valence-electron chi connectivity index (χ0n) is 17.8. The van der Waals surface area contributed by atoms with Gasteiger partial charge >= 0.3 is 6.09 Å². The molecular formula is C22H29N5O3. The van der Waals surface area contributed by atoms with E-state index in [0.29, 0.717) is 30.5 Å². The van der Waals surface area contributed by atoms with Crippen LogP contribution in [0.4, 0.5) is 10.5 Å². The topological polar surface area (TPSA) is 100 Å². The smallest absolute Gasteiger partial charge is 0.410 e. The molecule has 2 aliphatic rings. The van der Waals surface area contributed by atoms with Gasteiger partial charge in [-0.1, -0.05) is 12.1 Å². The number of rotatable bonds is 4. The molecule has 1 aliphatic heterocycles. The van der Waals surface area contributed by atoms with Crippen LogP contribution in [0, 0.1) is 5.92 Å². The number of likely N-dealkylation sites (tertiary alicyclic amines) is 1. The van der Waals surface area contributed by atoms with Crippen molar-refractivity contribution in [1.29, 1.82) is 0 Å². The summed E-state index contributed by atoms with van der Waals surface area (Å²) in [5, 5.41) is 10.3. The molecule has 2 N–H and O–H groups in total. The van der Waals surface area contributed by atoms with Crippen molar-refractivity contribution in [2.24, 2.45) is 5.92 Å². The van der Waals surface area contributed by atoms with Gasteiger partial charge in [0.05, 0.1) is 5.92 Å². The number of aromatic nitrogens is 3. The number of hydrogen-bond donors (Lipinski definition) is 2. The van der Waals surface area contributed by atoms with E-state index in [0.717, 1.165) is 37.1 Å². The van der Waals surface area contributed by atoms with Crippen LogP contribution in [-0.4, -0.2) is 50.8 Å². The fourth-order valence-electron chi connectivity index (χ4n) is 3.61. The zero-order valence-corrected chi connectivity index (χ0v) is 17.8. The van der Waals surface area contributed by atoms with Crippen molar-refractivity contribution in [1.82, 2.24) is 20.1 Å². The van der Waals surface area contributed by atoms with Crippen molar-refractivity contribution in [2.75, 3.05) is 18.4 Å². The van der Waals surface area contributed by atoms with Gasteiger partial charge in [-0.15, -0.1) is 0 Å². The van der Waals surface area contributed by atoms with Gasteiger partial charge in [0, 0.05) is 30.3 Å². The number of aromatic amines is 1. The summed E-state index contributed by atoms with van der Waals surface area (Å²) in [6.07, 6.45) is 3.48. The molecule has 2 aromatic rings. The largest absolute Gasteiger partial charge is 0.444 e. The lowest BCUT2D eigenvalue weighted by Gasteiger charge is -2.33. The number of H-pyrrole nitrogens is 1. The van der Waals surface area contributed by atoms with Gasteiger partial charge in [0.25, 0.3) is 0 Å². The molecule has 2 fully saturated rings. The lowest BCUT2D eigenvalue weighted by atomic mass is 9.97. The van der Waals surface area contributed by atoms with E-state index in [1.165, 1.54) is 0 Å². The first-order valence-electron chi connectivity index (χ1n) is 10.6. The van der Waals surface area contributed by atoms with Gasteiger partial charge in [-0.3, -0.25) is 9.89 Å². The third-order valence-electron chi connectivity index (χ3n) is 5.30. The average molecular weight is 412 g/mol. The Morgan fingerprint density at radius 3 is 2.77 bits per heavy atom. The monoisotopic (exact) mass is 411 g/mol. The Labute approximate surface area is 176 Å². The molecule has 8 nitrogen and oxygen atoms in total. The molecule has 0 bridgehead atoms. The van der Waals surface area contributed by atoms with Gasteiger partial charge < -0.3 is 15.0 Å². The molecule has 1 unspecified atom stereocenters. The van der Waals surface area contributed by atoms with Gasteiger partial charge in [0.2, 0.25) is 5.91 Å². The first-order valence-corrected chi connectivity index (χ1v) is 10.6. The summed E-state index contributed by atoms with van der Waals surface area (Å²) in [5.41, 5.74) is 1.01. The Morgan fingerprint density at radius 1 is 1.23 bits per heavy atom. The van der Waals surface area contributed by atoms with E-state index in [2.05, 4.69) is 20.5 Å². The summed E-state index contributed by atoms with van der Waals surface area (Å²) in [7, 11) is 0. The number of piperidine rings is 1. The predicted octanol–water partition coefficient (Wildman–Crippen LogP) is 3.93. The highest BCUT2D eigenvalue weighted by Gasteiger charge is 2.31. The average Bonchev–Trinajstić information content (AvgIpc) is 3.43. The minimum Gasteiger partial charge on any atom is -0.444 e. The van der Waals surface area contributed by atoms with Gasteiger partial charge in [-0.2, -0.15) is 5.10 Å². The van der Waals surface area contributed by atoms with E-state index in [4.69, 9.17) is 4.74 Å². The third kappa shape index (κ3) is 4.98. The second kappa shape index (κ2) is 8.08. The Morgan fingerprint density at radius 2 is 2.03 bits per heavy atom. The van der Waals surface area contributed by atoms with E-state index in [1.54, 1.807) is 4.90 Å². The lowest BCUT2D eigenvalue weighted by Crippen LogP contribution is -2.45. The standard InChI is InChI=1S/C22H29N5O3/c1-22(2,3)30-21(29)27-11-5-7-16(13-27)20(28)23-17-8-4-6-15(12-17)19-24-18(25-26-19)14-9-10-14/h4,6,8,12,14,16H,5,7,9-11,13H2,1-3H3,(H,23,28)(H,24,25,26). The third-order valence-corrected chi connectivity index (χ3v) is 5.30. The number of carbonyl (C=O) groups is 2. The molecule has 0 spiro atoms. The highest BCUT2D eigenvalue weighted by Crippen LogP contribution is 2.38. The molecular weight excluding hydrogens is 382 g/mol. The Hall–Kier alpha value is -2.90. The van der Waals surface area contributed by atoms with Gasteiger partial charge in [0.15, 0.2) is 5.82 Å². The molecule has 1 saturated heterocycles. The zero-order chi connectivity index (χ0) is 21.3. The van der Waals surface area contributed by atoms with Gasteiger partial charge in [-0.25, -0.2) is 9.78 Å². The lowest BCUT2D eigenvalue weighted by molar-refractivity contribution is -0.121. The quantitative estimate of drug-likeness (QED) is 0.794. The Kier molecular flexibility index (Phi) is 5.49. The second-order valence-corrected chi connectivity index (χ2v) is 9.15. The van der Waals surface area contributed by atoms with Gasteiger partial charge in [-0.05, 0) is 58.6 Å². The highest BCUT2D eigenvalue weighted by atomic mass is 16.6. The predicted molar refractivity (Wildman–Crippen MR) is 113 cm³/mol. The van der Waals surface area contributed by atoms with E-state index in [1.807, 2.05) is 45.0 Å². The molecule has 2 heterocycles. The molecule has 2 amide bonds. The highest BCUT2D eigenvalue weighted by molar-refractivity contribution is 5.93. The van der Waals surface area contributed by atoms with Crippen LogP contribution in [0.25, 0.3) is 11.4 Å². The maximum absolute atomic E-state index is 12.8. The van der Waals surface area contributed by atoms with Crippen molar-refractivity contribution in [2.45, 2.75) is 58.0 Å². The van der Waals surface area contributed by atoms with Crippen LogP contribution in [0.1, 0.15) is 58.2 Å². The number of amides is 2. The van der Waals surface area contributed by atoms with Crippen LogP contribution in [-0.2, 0) is 9.53 Å². The maximum atomic E-state index is 12.8. The molecule has 160 valence electrons. The number of nitrogens with one attached hydrogen (secondary N) is 2. The van der Waals surface area contributed by atoms with E-state index in [-0.39, 0.29) is 17.9 Å². The van der Waals surface area contributed by atoms with Crippen LogP contribution in [0.3, 0.4) is 0 Å². The van der Waals surface area contributed by atoms with E-state index < -0.39 is 5.60 Å². The summed E-state index contributed by atoms with van der Waals surface area (Å²) < 4.78 is 5.45. The van der Waals surface area contributed by atoms with Crippen molar-refractivity contribution >= 4 is 17.7 Å². The summed E-state index contributed by atoms with van der Waals surface area (Å²) >= 11 is 0. The number of hydrogen-bond acceptors (Lipinski definition) is 5. The van der Waals surface area contributed by atoms with E-state index >= 15 is 0 Å². The first kappa shape index (κ1) is 20.4. The number of nitrogens with zero attached hydrogens (tertiary/aromatic N) is 3. The normalized spacial score (nSPS) is 19.4. The van der Waals surface area contributed by atoms with Crippen molar-refractivity contribution in [3.8, 4) is 11.4 Å². The fourth-order valence-corrected chi connectivity index (χ4v) is 3.61. The fraction of sp³-hybridized carbons (Fsp3) is 0.545. The second-order valence-electron chi connectivity index (χ2n) is 9.15. The van der Waals surface area contributed by atoms with Crippen LogP contribution in [0.15, 0.2) is 24.3 Å². The number of ether oxygens (including phenoxy) is 1. The minimum absolute atomic E-state index is 0.0888. The van der Waals surface area contributed by atoms with Crippen LogP contribution < -0.4 is 5.32 Å². The van der Waals surface area contributed by atoms with Crippen molar-refractivity contribution < 1.29 is 14.3 Å². The molecule has 8 heteroatoms. The van der Waals surface area contributed by atoms with E-state index in [9.17, 15) is 9.59 Å². The van der Waals surface area contributed by atoms with Crippen LogP contribution >= 0.6 is 0 Å². The number of benzene rings is 1. The summed E-state index contributed by atoms with van der Waals surface area (Å²) in [6, 6.07) is 7.54. The van der Waals surface area contributed by atoms with Gasteiger partial charge in [0.1, 0.15) is 11.4 Å². The van der Waals surface area contributed by atoms with Crippen molar-refractivity contribution in [3.63, 3.8) is 0 Å². The summed E-state index contributed by atoms with van der Waals surface area (Å²) in [6.45, 7) is 6.50. The first-order chi connectivity index (χ1) is 14.3. The van der Waals surface area contributed by atoms with Crippen LogP contribution in [0.2, 0.25) is 0 Å². The van der Waals surface area contributed by atoms with Crippen molar-refractivity contribution in [3.05, 3.63) is 30.1 Å². The molecule has 0 radical (unpaired) electrons. The van der Waals surface area contributed by atoms with Crippen LogP contribution in [0.5, 0.6) is 0 Å². The molecule has 1 aromatic heterocycles. The molecule has 1 atom stereocenters. The Balaban J connectivity index is 1.39. The molecule has 4 rings (SSSR count). The molecule has 1 saturated carbocycles. The summed E-state index contributed by atoms with van der Waals surface area (Å²) in [5.74, 6) is 1.73. The maximum Gasteiger partial charge on any atom is 0.410 e. The SMILES string of the molecule is CC(C)(C)OC(=O)N1CCCC(C(=O)Nc2cccc(-c3n[nH]c(C4CC4)n3)c2)C1. The molecule has 1 aromatic carbocycles.